The Morgan fingerprint density at radius 2 is 2.00 bits per heavy atom. The molecule has 0 unspecified atom stereocenters. The lowest BCUT2D eigenvalue weighted by Crippen LogP contribution is -2.29. The van der Waals surface area contributed by atoms with Gasteiger partial charge in [0.05, 0.1) is 5.69 Å². The fourth-order valence-electron chi connectivity index (χ4n) is 3.00. The molecule has 2 aromatic rings. The Morgan fingerprint density at radius 1 is 1.26 bits per heavy atom. The molecule has 0 aliphatic heterocycles. The largest absolute Gasteiger partial charge is 0.506 e. The first-order valence-electron chi connectivity index (χ1n) is 7.93. The van der Waals surface area contributed by atoms with Crippen molar-refractivity contribution in [2.45, 2.75) is 31.7 Å². The van der Waals surface area contributed by atoms with Crippen LogP contribution in [0.4, 0.5) is 11.5 Å². The van der Waals surface area contributed by atoms with Gasteiger partial charge >= 0.3 is 0 Å². The summed E-state index contributed by atoms with van der Waals surface area (Å²) in [5.41, 5.74) is 0.933. The molecule has 120 valence electrons. The Balaban J connectivity index is 1.76. The van der Waals surface area contributed by atoms with E-state index in [0.29, 0.717) is 17.3 Å². The minimum Gasteiger partial charge on any atom is -0.506 e. The summed E-state index contributed by atoms with van der Waals surface area (Å²) in [6.45, 7) is 0. The lowest BCUT2D eigenvalue weighted by atomic mass is 10.2. The van der Waals surface area contributed by atoms with E-state index in [4.69, 9.17) is 0 Å². The molecule has 0 bridgehead atoms. The van der Waals surface area contributed by atoms with Crippen molar-refractivity contribution >= 4 is 17.4 Å². The number of benzene rings is 1. The number of amides is 1. The maximum Gasteiger partial charge on any atom is 0.255 e. The van der Waals surface area contributed by atoms with E-state index in [0.717, 1.165) is 5.82 Å². The summed E-state index contributed by atoms with van der Waals surface area (Å²) >= 11 is 0. The van der Waals surface area contributed by atoms with Gasteiger partial charge in [-0.25, -0.2) is 4.98 Å². The molecule has 5 nitrogen and oxygen atoms in total. The molecule has 1 saturated carbocycles. The highest BCUT2D eigenvalue weighted by molar-refractivity contribution is 6.05. The van der Waals surface area contributed by atoms with Crippen LogP contribution in [0.2, 0.25) is 0 Å². The number of carbonyl (C=O) groups is 1. The summed E-state index contributed by atoms with van der Waals surface area (Å²) in [6, 6.07) is 10.7. The predicted octanol–water partition coefficient (Wildman–Crippen LogP) is 3.42. The van der Waals surface area contributed by atoms with Crippen LogP contribution in [0.1, 0.15) is 36.0 Å². The molecular weight excluding hydrogens is 290 g/mol. The number of aromatic nitrogens is 1. The molecule has 1 fully saturated rings. The second-order valence-corrected chi connectivity index (χ2v) is 5.92. The average molecular weight is 311 g/mol. The Bertz CT molecular complexity index is 696. The molecule has 3 rings (SSSR count). The monoisotopic (exact) mass is 311 g/mol. The molecule has 0 spiro atoms. The minimum atomic E-state index is -0.255. The number of anilines is 2. The Kier molecular flexibility index (Phi) is 4.46. The molecule has 0 radical (unpaired) electrons. The van der Waals surface area contributed by atoms with Crippen LogP contribution in [0, 0.1) is 0 Å². The number of nitrogens with one attached hydrogen (secondary N) is 1. The Hall–Kier alpha value is -2.56. The van der Waals surface area contributed by atoms with Gasteiger partial charge in [0.2, 0.25) is 0 Å². The van der Waals surface area contributed by atoms with Crippen LogP contribution in [0.25, 0.3) is 0 Å². The second-order valence-electron chi connectivity index (χ2n) is 5.92. The molecule has 23 heavy (non-hydrogen) atoms. The second kappa shape index (κ2) is 6.69. The van der Waals surface area contributed by atoms with Crippen LogP contribution >= 0.6 is 0 Å². The van der Waals surface area contributed by atoms with Gasteiger partial charge in [-0.2, -0.15) is 0 Å². The summed E-state index contributed by atoms with van der Waals surface area (Å²) in [5, 5.41) is 12.5. The standard InChI is InChI=1S/C18H21N3O2/c1-21(14-6-2-3-7-14)17-12-13(10-11-19-17)18(23)20-15-8-4-5-9-16(15)22/h4-5,8-12,14,22H,2-3,6-7H2,1H3,(H,20,23). The highest BCUT2D eigenvalue weighted by atomic mass is 16.3. The first-order chi connectivity index (χ1) is 11.1. The van der Waals surface area contributed by atoms with Crippen LogP contribution in [-0.4, -0.2) is 29.1 Å². The van der Waals surface area contributed by atoms with E-state index in [1.165, 1.54) is 25.7 Å². The van der Waals surface area contributed by atoms with Crippen molar-refractivity contribution in [2.24, 2.45) is 0 Å². The fraction of sp³-hybridized carbons (Fsp3) is 0.333. The van der Waals surface area contributed by atoms with Crippen LogP contribution in [0.5, 0.6) is 5.75 Å². The number of phenols is 1. The van der Waals surface area contributed by atoms with Crippen molar-refractivity contribution in [3.8, 4) is 5.75 Å². The fourth-order valence-corrected chi connectivity index (χ4v) is 3.00. The van der Waals surface area contributed by atoms with E-state index >= 15 is 0 Å². The molecule has 1 aromatic heterocycles. The van der Waals surface area contributed by atoms with Crippen molar-refractivity contribution in [2.75, 3.05) is 17.3 Å². The minimum absolute atomic E-state index is 0.0539. The number of hydrogen-bond acceptors (Lipinski definition) is 4. The van der Waals surface area contributed by atoms with Gasteiger partial charge < -0.3 is 15.3 Å². The molecule has 1 heterocycles. The SMILES string of the molecule is CN(c1cc(C(=O)Nc2ccccc2O)ccn1)C1CCCC1. The lowest BCUT2D eigenvalue weighted by Gasteiger charge is -2.25. The van der Waals surface area contributed by atoms with Crippen LogP contribution in [-0.2, 0) is 0 Å². The summed E-state index contributed by atoms with van der Waals surface area (Å²) < 4.78 is 0. The zero-order valence-corrected chi connectivity index (χ0v) is 13.2. The third-order valence-electron chi connectivity index (χ3n) is 4.39. The highest BCUT2D eigenvalue weighted by Crippen LogP contribution is 2.27. The van der Waals surface area contributed by atoms with E-state index in [1.54, 1.807) is 42.6 Å². The molecule has 1 amide bonds. The molecule has 1 aliphatic carbocycles. The zero-order valence-electron chi connectivity index (χ0n) is 13.2. The number of carbonyl (C=O) groups excluding carboxylic acids is 1. The third-order valence-corrected chi connectivity index (χ3v) is 4.39. The quantitative estimate of drug-likeness (QED) is 0.849. The van der Waals surface area contributed by atoms with E-state index < -0.39 is 0 Å². The summed E-state index contributed by atoms with van der Waals surface area (Å²) in [6.07, 6.45) is 6.50. The number of para-hydroxylation sites is 2. The zero-order chi connectivity index (χ0) is 16.2. The Labute approximate surface area is 136 Å². The van der Waals surface area contributed by atoms with Crippen LogP contribution in [0.15, 0.2) is 42.6 Å². The van der Waals surface area contributed by atoms with Gasteiger partial charge in [-0.3, -0.25) is 4.79 Å². The number of nitrogens with zero attached hydrogens (tertiary/aromatic N) is 2. The van der Waals surface area contributed by atoms with Gasteiger partial charge in [-0.05, 0) is 37.1 Å². The van der Waals surface area contributed by atoms with Gasteiger partial charge in [-0.1, -0.05) is 25.0 Å². The van der Waals surface area contributed by atoms with Crippen LogP contribution < -0.4 is 10.2 Å². The molecule has 2 N–H and O–H groups in total. The Morgan fingerprint density at radius 3 is 2.74 bits per heavy atom. The van der Waals surface area contributed by atoms with Crippen molar-refractivity contribution in [3.05, 3.63) is 48.2 Å². The molecule has 1 aliphatic rings. The van der Waals surface area contributed by atoms with E-state index in [1.807, 2.05) is 7.05 Å². The van der Waals surface area contributed by atoms with Gasteiger partial charge in [0.1, 0.15) is 11.6 Å². The normalized spacial score (nSPS) is 14.7. The summed E-state index contributed by atoms with van der Waals surface area (Å²) in [5.74, 6) is 0.606. The first kappa shape index (κ1) is 15.3. The maximum atomic E-state index is 12.4. The van der Waals surface area contributed by atoms with Crippen molar-refractivity contribution in [1.29, 1.82) is 0 Å². The summed E-state index contributed by atoms with van der Waals surface area (Å²) in [4.78, 5) is 18.9. The lowest BCUT2D eigenvalue weighted by molar-refractivity contribution is 0.102. The predicted molar refractivity (Wildman–Crippen MR) is 91.0 cm³/mol. The van der Waals surface area contributed by atoms with Gasteiger partial charge in [-0.15, -0.1) is 0 Å². The number of phenolic OH excluding ortho intramolecular Hbond substituents is 1. The van der Waals surface area contributed by atoms with E-state index in [2.05, 4.69) is 15.2 Å². The van der Waals surface area contributed by atoms with Gasteiger partial charge in [0, 0.05) is 24.8 Å². The van der Waals surface area contributed by atoms with Crippen molar-refractivity contribution in [3.63, 3.8) is 0 Å². The maximum absolute atomic E-state index is 12.4. The third kappa shape index (κ3) is 3.44. The van der Waals surface area contributed by atoms with Crippen molar-refractivity contribution < 1.29 is 9.90 Å². The number of pyridine rings is 1. The van der Waals surface area contributed by atoms with E-state index in [-0.39, 0.29) is 11.7 Å². The first-order valence-corrected chi connectivity index (χ1v) is 7.93. The van der Waals surface area contributed by atoms with E-state index in [9.17, 15) is 9.90 Å². The topological polar surface area (TPSA) is 65.5 Å². The number of hydrogen-bond donors (Lipinski definition) is 2. The molecule has 0 saturated heterocycles. The van der Waals surface area contributed by atoms with Gasteiger partial charge in [0.15, 0.2) is 0 Å². The summed E-state index contributed by atoms with van der Waals surface area (Å²) in [7, 11) is 2.03. The van der Waals surface area contributed by atoms with Crippen LogP contribution in [0.3, 0.4) is 0 Å². The molecule has 0 atom stereocenters. The smallest absolute Gasteiger partial charge is 0.255 e. The average Bonchev–Trinajstić information content (AvgIpc) is 3.11. The van der Waals surface area contributed by atoms with Gasteiger partial charge in [0.25, 0.3) is 5.91 Å². The molecular formula is C18H21N3O2. The van der Waals surface area contributed by atoms with Crippen molar-refractivity contribution in [1.82, 2.24) is 4.98 Å². The molecule has 5 heteroatoms. The number of aromatic hydroxyl groups is 1. The molecule has 1 aromatic carbocycles. The number of rotatable bonds is 4. The highest BCUT2D eigenvalue weighted by Gasteiger charge is 2.21.